The summed E-state index contributed by atoms with van der Waals surface area (Å²) < 4.78 is 79.1. The molecule has 0 aliphatic carbocycles. The fraction of sp³-hybridized carbons (Fsp3) is 0.273. The van der Waals surface area contributed by atoms with Crippen molar-refractivity contribution < 1.29 is 35.9 Å². The normalized spacial score (nSPS) is 15.3. The SMILES string of the molecule is O=C(OCc1cccc(S(=O)(=O)N2CCOCC2)c1)c1cnn(-c2ccccc2)c1C(F)(F)F. The molecule has 2 heterocycles. The number of esters is 1. The second kappa shape index (κ2) is 9.57. The van der Waals surface area contributed by atoms with Crippen LogP contribution in [-0.2, 0) is 32.3 Å². The third-order valence-electron chi connectivity index (χ3n) is 5.13. The van der Waals surface area contributed by atoms with Crippen molar-refractivity contribution in [2.45, 2.75) is 17.7 Å². The number of morpholine rings is 1. The number of halogens is 3. The van der Waals surface area contributed by atoms with Crippen molar-refractivity contribution in [3.8, 4) is 5.69 Å². The van der Waals surface area contributed by atoms with E-state index in [1.54, 1.807) is 18.2 Å². The zero-order valence-electron chi connectivity index (χ0n) is 17.7. The highest BCUT2D eigenvalue weighted by Gasteiger charge is 2.41. The summed E-state index contributed by atoms with van der Waals surface area (Å²) in [6.07, 6.45) is -4.07. The molecule has 12 heteroatoms. The number of nitrogens with zero attached hydrogens (tertiary/aromatic N) is 3. The number of benzene rings is 2. The Morgan fingerprint density at radius 1 is 1.06 bits per heavy atom. The van der Waals surface area contributed by atoms with Gasteiger partial charge >= 0.3 is 12.1 Å². The van der Waals surface area contributed by atoms with Crippen LogP contribution in [0.1, 0.15) is 21.6 Å². The third kappa shape index (κ3) is 4.98. The molecule has 8 nitrogen and oxygen atoms in total. The number of carbonyl (C=O) groups excluding carboxylic acids is 1. The Morgan fingerprint density at radius 2 is 1.76 bits per heavy atom. The maximum atomic E-state index is 13.8. The monoisotopic (exact) mass is 495 g/mol. The van der Waals surface area contributed by atoms with Crippen molar-refractivity contribution in [2.24, 2.45) is 0 Å². The summed E-state index contributed by atoms with van der Waals surface area (Å²) in [7, 11) is -3.78. The summed E-state index contributed by atoms with van der Waals surface area (Å²) in [5.41, 5.74) is -1.55. The highest BCUT2D eigenvalue weighted by atomic mass is 32.2. The van der Waals surface area contributed by atoms with Gasteiger partial charge in [-0.2, -0.15) is 22.6 Å². The van der Waals surface area contributed by atoms with Crippen molar-refractivity contribution in [3.63, 3.8) is 0 Å². The highest BCUT2D eigenvalue weighted by molar-refractivity contribution is 7.89. The van der Waals surface area contributed by atoms with Crippen LogP contribution >= 0.6 is 0 Å². The molecule has 0 saturated carbocycles. The number of rotatable bonds is 6. The van der Waals surface area contributed by atoms with Crippen LogP contribution in [0.4, 0.5) is 13.2 Å². The molecule has 1 aromatic heterocycles. The van der Waals surface area contributed by atoms with Crippen LogP contribution in [0.2, 0.25) is 0 Å². The first-order valence-corrected chi connectivity index (χ1v) is 11.7. The molecule has 4 rings (SSSR count). The van der Waals surface area contributed by atoms with Crippen molar-refractivity contribution >= 4 is 16.0 Å². The Hall–Kier alpha value is -3.22. The number of hydrogen-bond donors (Lipinski definition) is 0. The third-order valence-corrected chi connectivity index (χ3v) is 7.03. The Kier molecular flexibility index (Phi) is 6.73. The van der Waals surface area contributed by atoms with Crippen LogP contribution in [0.5, 0.6) is 0 Å². The van der Waals surface area contributed by atoms with E-state index in [9.17, 15) is 26.4 Å². The lowest BCUT2D eigenvalue weighted by atomic mass is 10.2. The average molecular weight is 495 g/mol. The molecule has 1 aliphatic rings. The lowest BCUT2D eigenvalue weighted by molar-refractivity contribution is -0.143. The predicted molar refractivity (Wildman–Crippen MR) is 114 cm³/mol. The molecule has 3 aromatic rings. The Morgan fingerprint density at radius 3 is 2.44 bits per heavy atom. The molecule has 0 radical (unpaired) electrons. The number of sulfonamides is 1. The van der Waals surface area contributed by atoms with Crippen molar-refractivity contribution in [2.75, 3.05) is 26.3 Å². The molecular formula is C22H20F3N3O5S. The first-order valence-electron chi connectivity index (χ1n) is 10.2. The van der Waals surface area contributed by atoms with Crippen LogP contribution in [-0.4, -0.2) is 54.8 Å². The molecule has 1 aliphatic heterocycles. The van der Waals surface area contributed by atoms with Crippen molar-refractivity contribution in [1.29, 1.82) is 0 Å². The molecule has 34 heavy (non-hydrogen) atoms. The van der Waals surface area contributed by atoms with Gasteiger partial charge in [0.1, 0.15) is 12.2 Å². The number of aromatic nitrogens is 2. The lowest BCUT2D eigenvalue weighted by Crippen LogP contribution is -2.40. The van der Waals surface area contributed by atoms with E-state index in [-0.39, 0.29) is 36.9 Å². The zero-order valence-corrected chi connectivity index (χ0v) is 18.6. The summed E-state index contributed by atoms with van der Waals surface area (Å²) in [4.78, 5) is 12.5. The van der Waals surface area contributed by atoms with Gasteiger partial charge in [0.15, 0.2) is 5.69 Å². The molecule has 1 fully saturated rings. The zero-order chi connectivity index (χ0) is 24.3. The molecule has 0 unspecified atom stereocenters. The topological polar surface area (TPSA) is 90.7 Å². The van der Waals surface area contributed by atoms with E-state index >= 15 is 0 Å². The van der Waals surface area contributed by atoms with Crippen LogP contribution in [0, 0.1) is 0 Å². The lowest BCUT2D eigenvalue weighted by Gasteiger charge is -2.26. The van der Waals surface area contributed by atoms with Gasteiger partial charge in [0, 0.05) is 13.1 Å². The van der Waals surface area contributed by atoms with E-state index in [2.05, 4.69) is 5.10 Å². The second-order valence-corrected chi connectivity index (χ2v) is 9.33. The summed E-state index contributed by atoms with van der Waals surface area (Å²) in [5, 5.41) is 3.73. The quantitative estimate of drug-likeness (QED) is 0.488. The maximum absolute atomic E-state index is 13.8. The molecule has 2 aromatic carbocycles. The number of para-hydroxylation sites is 1. The van der Waals surface area contributed by atoms with Crippen molar-refractivity contribution in [1.82, 2.24) is 14.1 Å². The second-order valence-electron chi connectivity index (χ2n) is 7.39. The molecule has 0 bridgehead atoms. The molecule has 0 atom stereocenters. The first kappa shape index (κ1) is 23.9. The van der Waals surface area contributed by atoms with Gasteiger partial charge in [-0.1, -0.05) is 30.3 Å². The molecular weight excluding hydrogens is 475 g/mol. The van der Waals surface area contributed by atoms with Gasteiger partial charge in [0.05, 0.1) is 30.0 Å². The van der Waals surface area contributed by atoms with Crippen LogP contribution in [0.15, 0.2) is 65.7 Å². The fourth-order valence-electron chi connectivity index (χ4n) is 3.49. The minimum Gasteiger partial charge on any atom is -0.457 e. The van der Waals surface area contributed by atoms with Gasteiger partial charge < -0.3 is 9.47 Å². The average Bonchev–Trinajstić information content (AvgIpc) is 3.30. The summed E-state index contributed by atoms with van der Waals surface area (Å²) in [5.74, 6) is -1.23. The van der Waals surface area contributed by atoms with E-state index in [4.69, 9.17) is 9.47 Å². The Labute approximate surface area is 193 Å². The highest BCUT2D eigenvalue weighted by Crippen LogP contribution is 2.34. The maximum Gasteiger partial charge on any atom is 0.434 e. The van der Waals surface area contributed by atoms with Gasteiger partial charge in [0.25, 0.3) is 0 Å². The fourth-order valence-corrected chi connectivity index (χ4v) is 4.97. The van der Waals surface area contributed by atoms with E-state index in [0.29, 0.717) is 10.2 Å². The number of alkyl halides is 3. The van der Waals surface area contributed by atoms with Crippen LogP contribution in [0.3, 0.4) is 0 Å². The first-order chi connectivity index (χ1) is 16.2. The van der Waals surface area contributed by atoms with E-state index < -0.39 is 40.0 Å². The van der Waals surface area contributed by atoms with Gasteiger partial charge in [-0.05, 0) is 29.8 Å². The number of carbonyl (C=O) groups is 1. The molecule has 180 valence electrons. The Bertz CT molecular complexity index is 1270. The standard InChI is InChI=1S/C22H20F3N3O5S/c23-22(24,25)20-19(14-26-28(20)17-6-2-1-3-7-17)21(29)33-15-16-5-4-8-18(13-16)34(30,31)27-9-11-32-12-10-27/h1-8,13-14H,9-12,15H2. The van der Waals surface area contributed by atoms with Crippen molar-refractivity contribution in [3.05, 3.63) is 77.6 Å². The van der Waals surface area contributed by atoms with Gasteiger partial charge in [0.2, 0.25) is 10.0 Å². The number of hydrogen-bond acceptors (Lipinski definition) is 6. The Balaban J connectivity index is 1.54. The van der Waals surface area contributed by atoms with E-state index in [1.807, 2.05) is 0 Å². The molecule has 0 spiro atoms. The van der Waals surface area contributed by atoms with E-state index in [1.165, 1.54) is 40.7 Å². The minimum absolute atomic E-state index is 0.00386. The summed E-state index contributed by atoms with van der Waals surface area (Å²) in [6, 6.07) is 13.3. The summed E-state index contributed by atoms with van der Waals surface area (Å²) >= 11 is 0. The predicted octanol–water partition coefficient (Wildman–Crippen LogP) is 3.27. The molecule has 0 amide bonds. The molecule has 0 N–H and O–H groups in total. The van der Waals surface area contributed by atoms with E-state index in [0.717, 1.165) is 6.20 Å². The minimum atomic E-state index is -4.87. The smallest absolute Gasteiger partial charge is 0.434 e. The largest absolute Gasteiger partial charge is 0.457 e. The number of ether oxygens (including phenoxy) is 2. The van der Waals surface area contributed by atoms with Crippen LogP contribution < -0.4 is 0 Å². The summed E-state index contributed by atoms with van der Waals surface area (Å²) in [6.45, 7) is 0.586. The van der Waals surface area contributed by atoms with Gasteiger partial charge in [-0.25, -0.2) is 17.9 Å². The van der Waals surface area contributed by atoms with Crippen LogP contribution in [0.25, 0.3) is 5.69 Å². The van der Waals surface area contributed by atoms with Gasteiger partial charge in [-0.15, -0.1) is 0 Å². The molecule has 1 saturated heterocycles. The van der Waals surface area contributed by atoms with Gasteiger partial charge in [-0.3, -0.25) is 0 Å².